The van der Waals surface area contributed by atoms with Gasteiger partial charge in [-0.1, -0.05) is 12.1 Å². The van der Waals surface area contributed by atoms with Gasteiger partial charge >= 0.3 is 5.97 Å². The minimum Gasteiger partial charge on any atom is -0.484 e. The van der Waals surface area contributed by atoms with Crippen molar-refractivity contribution < 1.29 is 19.1 Å². The third-order valence-corrected chi connectivity index (χ3v) is 5.22. The van der Waals surface area contributed by atoms with Crippen LogP contribution in [0.5, 0.6) is 5.75 Å². The average Bonchev–Trinajstić information content (AvgIpc) is 3.13. The number of nitrogens with one attached hydrogen (secondary N) is 1. The number of aryl methyl sites for hydroxylation is 2. The quantitative estimate of drug-likeness (QED) is 0.798. The lowest BCUT2D eigenvalue weighted by Gasteiger charge is -2.09. The number of amides is 1. The molecule has 25 heavy (non-hydrogen) atoms. The standard InChI is InChI=1S/C19H21NO4S/c1-3-23-19(22)17-14-8-5-9-15(14)25-18(17)20-16(21)11-24-13-7-4-6-12(2)10-13/h4,6-7,10H,3,5,8-9,11H2,1-2H3,(H,20,21). The maximum absolute atomic E-state index is 12.3. The van der Waals surface area contributed by atoms with E-state index in [0.29, 0.717) is 22.9 Å². The number of benzene rings is 1. The van der Waals surface area contributed by atoms with Crippen molar-refractivity contribution in [2.75, 3.05) is 18.5 Å². The summed E-state index contributed by atoms with van der Waals surface area (Å²) in [4.78, 5) is 25.7. The SMILES string of the molecule is CCOC(=O)c1c(NC(=O)COc2cccc(C)c2)sc2c1CCC2. The van der Waals surface area contributed by atoms with Crippen molar-refractivity contribution in [2.24, 2.45) is 0 Å². The Morgan fingerprint density at radius 3 is 2.88 bits per heavy atom. The number of carbonyl (C=O) groups excluding carboxylic acids is 2. The van der Waals surface area contributed by atoms with Gasteiger partial charge in [0, 0.05) is 4.88 Å². The molecule has 0 spiro atoms. The van der Waals surface area contributed by atoms with E-state index in [1.54, 1.807) is 6.92 Å². The first-order chi connectivity index (χ1) is 12.1. The van der Waals surface area contributed by atoms with Crippen LogP contribution in [0.15, 0.2) is 24.3 Å². The van der Waals surface area contributed by atoms with Crippen LogP contribution < -0.4 is 10.1 Å². The monoisotopic (exact) mass is 359 g/mol. The lowest BCUT2D eigenvalue weighted by atomic mass is 10.1. The fraction of sp³-hybridized carbons (Fsp3) is 0.368. The smallest absolute Gasteiger partial charge is 0.341 e. The summed E-state index contributed by atoms with van der Waals surface area (Å²) in [5.74, 6) is -0.00165. The highest BCUT2D eigenvalue weighted by Gasteiger charge is 2.28. The van der Waals surface area contributed by atoms with Crippen molar-refractivity contribution in [1.29, 1.82) is 0 Å². The van der Waals surface area contributed by atoms with E-state index in [0.717, 1.165) is 35.3 Å². The molecule has 1 amide bonds. The third-order valence-electron chi connectivity index (χ3n) is 4.01. The van der Waals surface area contributed by atoms with Gasteiger partial charge in [0.25, 0.3) is 5.91 Å². The lowest BCUT2D eigenvalue weighted by Crippen LogP contribution is -2.21. The van der Waals surface area contributed by atoms with Crippen LogP contribution >= 0.6 is 11.3 Å². The van der Waals surface area contributed by atoms with Crippen LogP contribution in [0.1, 0.15) is 39.7 Å². The zero-order chi connectivity index (χ0) is 17.8. The molecule has 5 nitrogen and oxygen atoms in total. The first-order valence-electron chi connectivity index (χ1n) is 8.39. The zero-order valence-electron chi connectivity index (χ0n) is 14.4. The summed E-state index contributed by atoms with van der Waals surface area (Å²) in [6.07, 6.45) is 2.84. The van der Waals surface area contributed by atoms with Crippen LogP contribution in [-0.2, 0) is 22.4 Å². The highest BCUT2D eigenvalue weighted by molar-refractivity contribution is 7.17. The van der Waals surface area contributed by atoms with Gasteiger partial charge in [0.15, 0.2) is 6.61 Å². The van der Waals surface area contributed by atoms with Crippen molar-refractivity contribution in [2.45, 2.75) is 33.1 Å². The Morgan fingerprint density at radius 1 is 1.28 bits per heavy atom. The van der Waals surface area contributed by atoms with Gasteiger partial charge in [-0.2, -0.15) is 0 Å². The van der Waals surface area contributed by atoms with Crippen LogP contribution in [0, 0.1) is 6.92 Å². The number of hydrogen-bond donors (Lipinski definition) is 1. The van der Waals surface area contributed by atoms with Gasteiger partial charge in [-0.05, 0) is 56.4 Å². The molecule has 1 heterocycles. The predicted octanol–water partition coefficient (Wildman–Crippen LogP) is 3.74. The molecule has 3 rings (SSSR count). The maximum atomic E-state index is 12.3. The molecule has 0 saturated carbocycles. The molecule has 0 atom stereocenters. The molecular formula is C19H21NO4S. The minimum atomic E-state index is -0.364. The Labute approximate surface area is 151 Å². The lowest BCUT2D eigenvalue weighted by molar-refractivity contribution is -0.118. The first kappa shape index (κ1) is 17.5. The molecule has 1 aliphatic carbocycles. The molecule has 0 bridgehead atoms. The van der Waals surface area contributed by atoms with Crippen molar-refractivity contribution in [3.8, 4) is 5.75 Å². The molecule has 0 fully saturated rings. The van der Waals surface area contributed by atoms with Crippen LogP contribution in [0.3, 0.4) is 0 Å². The van der Waals surface area contributed by atoms with Gasteiger partial charge in [-0.3, -0.25) is 4.79 Å². The Bertz CT molecular complexity index is 797. The van der Waals surface area contributed by atoms with Gasteiger partial charge in [-0.15, -0.1) is 11.3 Å². The van der Waals surface area contributed by atoms with E-state index in [-0.39, 0.29) is 18.5 Å². The molecule has 2 aromatic rings. The highest BCUT2D eigenvalue weighted by Crippen LogP contribution is 2.39. The van der Waals surface area contributed by atoms with Crippen LogP contribution in [-0.4, -0.2) is 25.1 Å². The molecule has 132 valence electrons. The molecule has 1 aromatic carbocycles. The van der Waals surface area contributed by atoms with E-state index in [1.165, 1.54) is 11.3 Å². The number of carbonyl (C=O) groups is 2. The third kappa shape index (κ3) is 4.02. The Kier molecular flexibility index (Phi) is 5.38. The number of ether oxygens (including phenoxy) is 2. The van der Waals surface area contributed by atoms with E-state index in [1.807, 2.05) is 31.2 Å². The molecule has 1 aromatic heterocycles. The fourth-order valence-corrected chi connectivity index (χ4v) is 4.22. The van der Waals surface area contributed by atoms with Crippen LogP contribution in [0.4, 0.5) is 5.00 Å². The van der Waals surface area contributed by atoms with Gasteiger partial charge in [0.2, 0.25) is 0 Å². The number of fused-ring (bicyclic) bond motifs is 1. The number of esters is 1. The second-order valence-corrected chi connectivity index (χ2v) is 7.04. The van der Waals surface area contributed by atoms with E-state index >= 15 is 0 Å². The van der Waals surface area contributed by atoms with Gasteiger partial charge in [0.05, 0.1) is 12.2 Å². The minimum absolute atomic E-state index is 0.103. The second-order valence-electron chi connectivity index (χ2n) is 5.94. The van der Waals surface area contributed by atoms with Gasteiger partial charge in [-0.25, -0.2) is 4.79 Å². The topological polar surface area (TPSA) is 64.6 Å². The molecular weight excluding hydrogens is 338 g/mol. The van der Waals surface area contributed by atoms with Crippen LogP contribution in [0.2, 0.25) is 0 Å². The van der Waals surface area contributed by atoms with E-state index in [9.17, 15) is 9.59 Å². The molecule has 0 aliphatic heterocycles. The normalized spacial score (nSPS) is 12.6. The van der Waals surface area contributed by atoms with Gasteiger partial charge < -0.3 is 14.8 Å². The summed E-state index contributed by atoms with van der Waals surface area (Å²) in [7, 11) is 0. The summed E-state index contributed by atoms with van der Waals surface area (Å²) >= 11 is 1.47. The summed E-state index contributed by atoms with van der Waals surface area (Å²) in [6, 6.07) is 7.53. The van der Waals surface area contributed by atoms with Crippen molar-refractivity contribution >= 4 is 28.2 Å². The molecule has 0 unspecified atom stereocenters. The zero-order valence-corrected chi connectivity index (χ0v) is 15.2. The van der Waals surface area contributed by atoms with Crippen LogP contribution in [0.25, 0.3) is 0 Å². The molecule has 1 N–H and O–H groups in total. The Balaban J connectivity index is 1.69. The predicted molar refractivity (Wildman–Crippen MR) is 97.6 cm³/mol. The summed E-state index contributed by atoms with van der Waals surface area (Å²) in [6.45, 7) is 3.95. The number of rotatable bonds is 6. The summed E-state index contributed by atoms with van der Waals surface area (Å²) in [5, 5.41) is 3.39. The molecule has 0 radical (unpaired) electrons. The maximum Gasteiger partial charge on any atom is 0.341 e. The second kappa shape index (κ2) is 7.70. The van der Waals surface area contributed by atoms with E-state index in [4.69, 9.17) is 9.47 Å². The number of anilines is 1. The Hall–Kier alpha value is -2.34. The van der Waals surface area contributed by atoms with Crippen molar-refractivity contribution in [3.63, 3.8) is 0 Å². The Morgan fingerprint density at radius 2 is 2.12 bits per heavy atom. The number of thiophene rings is 1. The molecule has 6 heteroatoms. The van der Waals surface area contributed by atoms with E-state index in [2.05, 4.69) is 5.32 Å². The fourth-order valence-electron chi connectivity index (χ4n) is 2.93. The molecule has 0 saturated heterocycles. The van der Waals surface area contributed by atoms with Crippen molar-refractivity contribution in [3.05, 3.63) is 45.8 Å². The highest BCUT2D eigenvalue weighted by atomic mass is 32.1. The largest absolute Gasteiger partial charge is 0.484 e. The first-order valence-corrected chi connectivity index (χ1v) is 9.21. The summed E-state index contributed by atoms with van der Waals surface area (Å²) in [5.41, 5.74) is 2.61. The average molecular weight is 359 g/mol. The summed E-state index contributed by atoms with van der Waals surface area (Å²) < 4.78 is 10.7. The molecule has 1 aliphatic rings. The van der Waals surface area contributed by atoms with Gasteiger partial charge in [0.1, 0.15) is 10.8 Å². The number of hydrogen-bond acceptors (Lipinski definition) is 5. The van der Waals surface area contributed by atoms with E-state index < -0.39 is 0 Å². The van der Waals surface area contributed by atoms with Crippen molar-refractivity contribution in [1.82, 2.24) is 0 Å².